The van der Waals surface area contributed by atoms with Gasteiger partial charge in [0.05, 0.1) is 12.2 Å². The molecule has 1 aliphatic heterocycles. The van der Waals surface area contributed by atoms with Crippen molar-refractivity contribution < 1.29 is 14.3 Å². The van der Waals surface area contributed by atoms with Crippen LogP contribution in [0.25, 0.3) is 6.08 Å². The molecule has 96 valence electrons. The Balaban J connectivity index is 2.28. The van der Waals surface area contributed by atoms with Gasteiger partial charge < -0.3 is 14.8 Å². The number of carbonyl (C=O) groups is 1. The first kappa shape index (κ1) is 12.6. The first-order chi connectivity index (χ1) is 8.76. The Kier molecular flexibility index (Phi) is 3.99. The monoisotopic (exact) mass is 247 g/mol. The van der Waals surface area contributed by atoms with Gasteiger partial charge in [0, 0.05) is 17.9 Å². The molecule has 0 amide bonds. The Labute approximate surface area is 107 Å². The third kappa shape index (κ3) is 2.54. The van der Waals surface area contributed by atoms with Gasteiger partial charge in [0.1, 0.15) is 6.23 Å². The van der Waals surface area contributed by atoms with Gasteiger partial charge in [0.25, 0.3) is 0 Å². The van der Waals surface area contributed by atoms with Crippen LogP contribution in [0.15, 0.2) is 24.3 Å². The van der Waals surface area contributed by atoms with Gasteiger partial charge in [-0.05, 0) is 32.1 Å². The number of hydrogen-bond acceptors (Lipinski definition) is 4. The Hall–Kier alpha value is -1.81. The van der Waals surface area contributed by atoms with Crippen molar-refractivity contribution in [3.05, 3.63) is 35.4 Å². The summed E-state index contributed by atoms with van der Waals surface area (Å²) in [5.74, 6) is -0.296. The van der Waals surface area contributed by atoms with Crippen LogP contribution >= 0.6 is 0 Å². The molecule has 1 atom stereocenters. The zero-order valence-electron chi connectivity index (χ0n) is 10.6. The lowest BCUT2D eigenvalue weighted by molar-refractivity contribution is 0.0526. The summed E-state index contributed by atoms with van der Waals surface area (Å²) in [5, 5.41) is 3.22. The molecular formula is C14H17NO3. The maximum Gasteiger partial charge on any atom is 0.338 e. The molecule has 0 aromatic heterocycles. The fraction of sp³-hybridized carbons (Fsp3) is 0.357. The molecule has 1 heterocycles. The van der Waals surface area contributed by atoms with Crippen molar-refractivity contribution in [2.75, 3.05) is 18.5 Å². The fourth-order valence-corrected chi connectivity index (χ4v) is 1.92. The summed E-state index contributed by atoms with van der Waals surface area (Å²) in [4.78, 5) is 11.8. The van der Waals surface area contributed by atoms with Crippen molar-refractivity contribution in [1.29, 1.82) is 0 Å². The van der Waals surface area contributed by atoms with Crippen LogP contribution in [0.4, 0.5) is 5.69 Å². The Morgan fingerprint density at radius 1 is 1.33 bits per heavy atom. The highest BCUT2D eigenvalue weighted by atomic mass is 16.5. The third-order valence-electron chi connectivity index (χ3n) is 2.68. The van der Waals surface area contributed by atoms with Crippen LogP contribution in [0.5, 0.6) is 0 Å². The molecule has 0 bridgehead atoms. The van der Waals surface area contributed by atoms with E-state index in [1.54, 1.807) is 13.0 Å². The summed E-state index contributed by atoms with van der Waals surface area (Å²) in [6, 6.07) is 5.53. The Morgan fingerprint density at radius 2 is 2.17 bits per heavy atom. The highest BCUT2D eigenvalue weighted by Gasteiger charge is 2.18. The first-order valence-electron chi connectivity index (χ1n) is 6.12. The summed E-state index contributed by atoms with van der Waals surface area (Å²) >= 11 is 0. The second-order valence-electron chi connectivity index (χ2n) is 3.87. The zero-order valence-corrected chi connectivity index (χ0v) is 10.6. The van der Waals surface area contributed by atoms with Crippen LogP contribution in [0.1, 0.15) is 29.8 Å². The molecule has 0 fully saturated rings. The lowest BCUT2D eigenvalue weighted by atomic mass is 10.0. The predicted octanol–water partition coefficient (Wildman–Crippen LogP) is 2.66. The quantitative estimate of drug-likeness (QED) is 0.831. The summed E-state index contributed by atoms with van der Waals surface area (Å²) in [5.41, 5.74) is 2.32. The van der Waals surface area contributed by atoms with Gasteiger partial charge in [-0.3, -0.25) is 0 Å². The van der Waals surface area contributed by atoms with Crippen LogP contribution in [0, 0.1) is 0 Å². The number of fused-ring (bicyclic) bond motifs is 1. The summed E-state index contributed by atoms with van der Waals surface area (Å²) < 4.78 is 10.5. The van der Waals surface area contributed by atoms with Crippen molar-refractivity contribution in [2.45, 2.75) is 20.1 Å². The van der Waals surface area contributed by atoms with E-state index in [0.29, 0.717) is 18.8 Å². The van der Waals surface area contributed by atoms with Crippen LogP contribution in [0.3, 0.4) is 0 Å². The van der Waals surface area contributed by atoms with E-state index < -0.39 is 0 Å². The Morgan fingerprint density at radius 3 is 2.89 bits per heavy atom. The van der Waals surface area contributed by atoms with E-state index in [0.717, 1.165) is 11.3 Å². The number of benzene rings is 1. The SMILES string of the molecule is CCOC(=O)c1cccc2c1C=CC(OCC)N2. The molecule has 1 aliphatic rings. The molecule has 4 heteroatoms. The van der Waals surface area contributed by atoms with Gasteiger partial charge >= 0.3 is 5.97 Å². The van der Waals surface area contributed by atoms with Gasteiger partial charge in [-0.1, -0.05) is 12.1 Å². The van der Waals surface area contributed by atoms with Crippen molar-refractivity contribution in [3.63, 3.8) is 0 Å². The molecule has 0 aliphatic carbocycles. The number of esters is 1. The van der Waals surface area contributed by atoms with Crippen LogP contribution in [0.2, 0.25) is 0 Å². The van der Waals surface area contributed by atoms with Crippen LogP contribution < -0.4 is 5.32 Å². The second kappa shape index (κ2) is 5.69. The van der Waals surface area contributed by atoms with E-state index >= 15 is 0 Å². The number of rotatable bonds is 4. The van der Waals surface area contributed by atoms with Gasteiger partial charge in [-0.15, -0.1) is 0 Å². The molecule has 0 spiro atoms. The summed E-state index contributed by atoms with van der Waals surface area (Å²) in [6.07, 6.45) is 3.66. The molecular weight excluding hydrogens is 230 g/mol. The lowest BCUT2D eigenvalue weighted by Gasteiger charge is -2.23. The normalized spacial score (nSPS) is 16.9. The van der Waals surface area contributed by atoms with E-state index in [9.17, 15) is 4.79 Å². The largest absolute Gasteiger partial charge is 0.462 e. The lowest BCUT2D eigenvalue weighted by Crippen LogP contribution is -2.24. The minimum Gasteiger partial charge on any atom is -0.462 e. The molecule has 1 aromatic carbocycles. The van der Waals surface area contributed by atoms with Gasteiger partial charge in [-0.2, -0.15) is 0 Å². The van der Waals surface area contributed by atoms with E-state index in [2.05, 4.69) is 5.32 Å². The van der Waals surface area contributed by atoms with Crippen molar-refractivity contribution in [2.24, 2.45) is 0 Å². The topological polar surface area (TPSA) is 47.6 Å². The number of nitrogens with one attached hydrogen (secondary N) is 1. The molecule has 0 saturated carbocycles. The highest BCUT2D eigenvalue weighted by molar-refractivity contribution is 5.96. The van der Waals surface area contributed by atoms with Crippen LogP contribution in [-0.4, -0.2) is 25.4 Å². The van der Waals surface area contributed by atoms with Crippen LogP contribution in [-0.2, 0) is 9.47 Å². The molecule has 4 nitrogen and oxygen atoms in total. The van der Waals surface area contributed by atoms with E-state index in [-0.39, 0.29) is 12.2 Å². The molecule has 2 rings (SSSR count). The average molecular weight is 247 g/mol. The number of carbonyl (C=O) groups excluding carboxylic acids is 1. The summed E-state index contributed by atoms with van der Waals surface area (Å²) in [7, 11) is 0. The fourth-order valence-electron chi connectivity index (χ4n) is 1.92. The molecule has 0 radical (unpaired) electrons. The van der Waals surface area contributed by atoms with Crippen molar-refractivity contribution in [3.8, 4) is 0 Å². The van der Waals surface area contributed by atoms with Gasteiger partial charge in [-0.25, -0.2) is 4.79 Å². The Bertz CT molecular complexity index is 468. The maximum absolute atomic E-state index is 11.8. The molecule has 0 saturated heterocycles. The average Bonchev–Trinajstić information content (AvgIpc) is 2.38. The standard InChI is InChI=1S/C14H17NO3/c1-3-17-13-9-8-10-11(14(16)18-4-2)6-5-7-12(10)15-13/h5-9,13,15H,3-4H2,1-2H3. The summed E-state index contributed by atoms with van der Waals surface area (Å²) in [6.45, 7) is 4.75. The maximum atomic E-state index is 11.8. The molecule has 1 N–H and O–H groups in total. The van der Waals surface area contributed by atoms with E-state index in [4.69, 9.17) is 9.47 Å². The number of hydrogen-bond donors (Lipinski definition) is 1. The minimum atomic E-state index is -0.296. The van der Waals surface area contributed by atoms with E-state index in [1.807, 2.05) is 31.2 Å². The van der Waals surface area contributed by atoms with Gasteiger partial charge in [0.15, 0.2) is 0 Å². The molecule has 1 unspecified atom stereocenters. The molecule has 1 aromatic rings. The highest BCUT2D eigenvalue weighted by Crippen LogP contribution is 2.27. The van der Waals surface area contributed by atoms with Crippen molar-refractivity contribution >= 4 is 17.7 Å². The zero-order chi connectivity index (χ0) is 13.0. The second-order valence-corrected chi connectivity index (χ2v) is 3.87. The van der Waals surface area contributed by atoms with E-state index in [1.165, 1.54) is 0 Å². The van der Waals surface area contributed by atoms with Crippen molar-refractivity contribution in [1.82, 2.24) is 0 Å². The van der Waals surface area contributed by atoms with Gasteiger partial charge in [0.2, 0.25) is 0 Å². The first-order valence-corrected chi connectivity index (χ1v) is 6.12. The minimum absolute atomic E-state index is 0.139. The predicted molar refractivity (Wildman–Crippen MR) is 70.5 cm³/mol. The third-order valence-corrected chi connectivity index (χ3v) is 2.68. The number of anilines is 1. The number of ether oxygens (including phenoxy) is 2. The molecule has 18 heavy (non-hydrogen) atoms. The smallest absolute Gasteiger partial charge is 0.338 e.